The Hall–Kier alpha value is -2.52. The van der Waals surface area contributed by atoms with Crippen LogP contribution in [-0.4, -0.2) is 41.3 Å². The van der Waals surface area contributed by atoms with Crippen LogP contribution in [0.1, 0.15) is 6.04 Å². The maximum atomic E-state index is 12.9. The van der Waals surface area contributed by atoms with Crippen molar-refractivity contribution in [1.82, 2.24) is 25.1 Å². The number of nitrogen functional groups attached to an aromatic ring is 1. The zero-order chi connectivity index (χ0) is 16.0. The number of aromatic nitrogens is 4. The molecule has 0 bridgehead atoms. The third kappa shape index (κ3) is 2.08. The van der Waals surface area contributed by atoms with Crippen LogP contribution in [0.25, 0.3) is 11.0 Å². The number of sulfone groups is 1. The van der Waals surface area contributed by atoms with Crippen molar-refractivity contribution in [2.75, 3.05) is 18.8 Å². The number of fused-ring (bicyclic) bond motifs is 1. The first-order valence-corrected chi connectivity index (χ1v) is 8.57. The molecule has 3 aromatic rings. The molecule has 118 valence electrons. The van der Waals surface area contributed by atoms with E-state index in [1.165, 1.54) is 18.5 Å². The molecule has 1 aromatic carbocycles. The van der Waals surface area contributed by atoms with Crippen molar-refractivity contribution in [3.63, 3.8) is 0 Å². The lowest BCUT2D eigenvalue weighted by atomic mass is 10.2. The van der Waals surface area contributed by atoms with Gasteiger partial charge in [-0.25, -0.2) is 23.1 Å². The minimum atomic E-state index is -3.80. The number of anilines is 1. The average molecular weight is 330 g/mol. The Bertz CT molecular complexity index is 979. The fourth-order valence-corrected chi connectivity index (χ4v) is 3.96. The van der Waals surface area contributed by atoms with Gasteiger partial charge in [-0.3, -0.25) is 0 Å². The van der Waals surface area contributed by atoms with Gasteiger partial charge in [0, 0.05) is 13.1 Å². The molecule has 1 aliphatic heterocycles. The lowest BCUT2D eigenvalue weighted by Gasteiger charge is -2.27. The van der Waals surface area contributed by atoms with E-state index in [1.54, 1.807) is 22.9 Å². The van der Waals surface area contributed by atoms with E-state index < -0.39 is 9.84 Å². The summed E-state index contributed by atoms with van der Waals surface area (Å²) in [5, 5.41) is 7.65. The molecule has 3 N–H and O–H groups in total. The number of hydrogen-bond donors (Lipinski definition) is 2. The summed E-state index contributed by atoms with van der Waals surface area (Å²) in [5.74, 6) is 0.114. The summed E-state index contributed by atoms with van der Waals surface area (Å²) in [5.41, 5.74) is 6.36. The summed E-state index contributed by atoms with van der Waals surface area (Å²) in [4.78, 5) is 8.28. The molecular weight excluding hydrogens is 316 g/mol. The largest absolute Gasteiger partial charge is 0.383 e. The molecule has 0 saturated carbocycles. The van der Waals surface area contributed by atoms with Crippen molar-refractivity contribution >= 4 is 26.7 Å². The number of benzene rings is 1. The van der Waals surface area contributed by atoms with Gasteiger partial charge in [-0.05, 0) is 12.1 Å². The molecule has 1 aliphatic rings. The lowest BCUT2D eigenvalue weighted by molar-refractivity contribution is 0.321. The van der Waals surface area contributed by atoms with Crippen LogP contribution in [0.15, 0.2) is 46.6 Å². The zero-order valence-corrected chi connectivity index (χ0v) is 12.9. The van der Waals surface area contributed by atoms with Crippen LogP contribution < -0.4 is 11.1 Å². The van der Waals surface area contributed by atoms with Crippen molar-refractivity contribution in [2.24, 2.45) is 0 Å². The molecule has 8 nitrogen and oxygen atoms in total. The van der Waals surface area contributed by atoms with E-state index in [1.807, 2.05) is 0 Å². The van der Waals surface area contributed by atoms with Gasteiger partial charge in [0.15, 0.2) is 10.7 Å². The molecule has 3 heterocycles. The fourth-order valence-electron chi connectivity index (χ4n) is 2.56. The first-order chi connectivity index (χ1) is 11.1. The van der Waals surface area contributed by atoms with Crippen LogP contribution in [-0.2, 0) is 9.84 Å². The van der Waals surface area contributed by atoms with Crippen molar-refractivity contribution in [1.29, 1.82) is 0 Å². The van der Waals surface area contributed by atoms with Crippen LogP contribution in [0.3, 0.4) is 0 Å². The minimum absolute atomic E-state index is 0.0616. The Morgan fingerprint density at radius 3 is 2.57 bits per heavy atom. The van der Waals surface area contributed by atoms with Crippen LogP contribution in [0.5, 0.6) is 0 Å². The quantitative estimate of drug-likeness (QED) is 0.713. The summed E-state index contributed by atoms with van der Waals surface area (Å²) in [6, 6.07) is 8.22. The Morgan fingerprint density at radius 1 is 1.17 bits per heavy atom. The molecule has 23 heavy (non-hydrogen) atoms. The van der Waals surface area contributed by atoms with Gasteiger partial charge in [0.25, 0.3) is 0 Å². The average Bonchev–Trinajstić information content (AvgIpc) is 2.88. The third-order valence-electron chi connectivity index (χ3n) is 3.90. The monoisotopic (exact) mass is 330 g/mol. The topological polar surface area (TPSA) is 116 Å². The summed E-state index contributed by atoms with van der Waals surface area (Å²) in [7, 11) is -3.80. The van der Waals surface area contributed by atoms with Crippen molar-refractivity contribution in [2.45, 2.75) is 16.0 Å². The first kappa shape index (κ1) is 14.1. The highest BCUT2D eigenvalue weighted by atomic mass is 32.2. The van der Waals surface area contributed by atoms with Gasteiger partial charge in [-0.2, -0.15) is 5.10 Å². The molecule has 0 aliphatic carbocycles. The molecule has 0 amide bonds. The molecule has 4 rings (SSSR count). The van der Waals surface area contributed by atoms with Crippen LogP contribution >= 0.6 is 0 Å². The van der Waals surface area contributed by atoms with E-state index >= 15 is 0 Å². The Balaban J connectivity index is 2.00. The lowest BCUT2D eigenvalue weighted by Crippen LogP contribution is -2.43. The van der Waals surface area contributed by atoms with E-state index in [0.717, 1.165) is 0 Å². The first-order valence-electron chi connectivity index (χ1n) is 7.08. The second kappa shape index (κ2) is 5.00. The number of nitrogens with zero attached hydrogens (tertiary/aromatic N) is 4. The number of rotatable bonds is 3. The molecule has 0 unspecified atom stereocenters. The van der Waals surface area contributed by atoms with Gasteiger partial charge < -0.3 is 11.1 Å². The molecule has 1 saturated heterocycles. The number of nitrogens with two attached hydrogens (primary N) is 1. The fraction of sp³-hybridized carbons (Fsp3) is 0.214. The van der Waals surface area contributed by atoms with E-state index in [2.05, 4.69) is 20.4 Å². The third-order valence-corrected chi connectivity index (χ3v) is 5.59. The van der Waals surface area contributed by atoms with E-state index in [-0.39, 0.29) is 27.2 Å². The standard InChI is InChI=1S/C14H14N6O2S/c15-12-11-13(18-8-17-12)20(9-6-16-7-9)19-14(11)23(21,22)10-4-2-1-3-5-10/h1-5,8-9,16H,6-7H2,(H2,15,17,18). The smallest absolute Gasteiger partial charge is 0.226 e. The van der Waals surface area contributed by atoms with E-state index in [4.69, 9.17) is 5.73 Å². The minimum Gasteiger partial charge on any atom is -0.383 e. The highest BCUT2D eigenvalue weighted by Crippen LogP contribution is 2.31. The van der Waals surface area contributed by atoms with Gasteiger partial charge in [-0.1, -0.05) is 18.2 Å². The summed E-state index contributed by atoms with van der Waals surface area (Å²) >= 11 is 0. The van der Waals surface area contributed by atoms with Gasteiger partial charge in [0.05, 0.1) is 10.9 Å². The van der Waals surface area contributed by atoms with Crippen molar-refractivity contribution in [3.8, 4) is 0 Å². The van der Waals surface area contributed by atoms with E-state index in [9.17, 15) is 8.42 Å². The maximum Gasteiger partial charge on any atom is 0.226 e. The van der Waals surface area contributed by atoms with E-state index in [0.29, 0.717) is 18.7 Å². The Morgan fingerprint density at radius 2 is 1.91 bits per heavy atom. The second-order valence-electron chi connectivity index (χ2n) is 5.34. The molecule has 0 atom stereocenters. The Labute approximate surface area is 132 Å². The molecule has 0 radical (unpaired) electrons. The van der Waals surface area contributed by atoms with Gasteiger partial charge in [0.2, 0.25) is 9.84 Å². The highest BCUT2D eigenvalue weighted by Gasteiger charge is 2.31. The molecule has 1 fully saturated rings. The zero-order valence-electron chi connectivity index (χ0n) is 12.0. The molecular formula is C14H14N6O2S. The van der Waals surface area contributed by atoms with Gasteiger partial charge >= 0.3 is 0 Å². The Kier molecular flexibility index (Phi) is 3.06. The predicted molar refractivity (Wildman–Crippen MR) is 83.5 cm³/mol. The maximum absolute atomic E-state index is 12.9. The molecule has 0 spiro atoms. The number of hydrogen-bond acceptors (Lipinski definition) is 7. The summed E-state index contributed by atoms with van der Waals surface area (Å²) < 4.78 is 27.5. The predicted octanol–water partition coefficient (Wildman–Crippen LogP) is 0.386. The molecule has 2 aromatic heterocycles. The van der Waals surface area contributed by atoms with Crippen LogP contribution in [0.4, 0.5) is 5.82 Å². The molecule has 9 heteroatoms. The van der Waals surface area contributed by atoms with Gasteiger partial charge in [-0.15, -0.1) is 0 Å². The summed E-state index contributed by atoms with van der Waals surface area (Å²) in [6.45, 7) is 1.43. The SMILES string of the molecule is Nc1ncnc2c1c(S(=O)(=O)c1ccccc1)nn2C1CNC1. The van der Waals surface area contributed by atoms with Crippen LogP contribution in [0, 0.1) is 0 Å². The second-order valence-corrected chi connectivity index (χ2v) is 7.20. The van der Waals surface area contributed by atoms with Gasteiger partial charge in [0.1, 0.15) is 17.5 Å². The summed E-state index contributed by atoms with van der Waals surface area (Å²) in [6.07, 6.45) is 1.32. The highest BCUT2D eigenvalue weighted by molar-refractivity contribution is 7.91. The van der Waals surface area contributed by atoms with Crippen LogP contribution in [0.2, 0.25) is 0 Å². The van der Waals surface area contributed by atoms with Crippen molar-refractivity contribution in [3.05, 3.63) is 36.7 Å². The number of nitrogens with one attached hydrogen (secondary N) is 1. The normalized spacial score (nSPS) is 15.7. The van der Waals surface area contributed by atoms with Crippen molar-refractivity contribution < 1.29 is 8.42 Å².